The topological polar surface area (TPSA) is 44.1 Å². The minimum atomic E-state index is -0.347. The Balaban J connectivity index is 2.49. The van der Waals surface area contributed by atoms with Crippen molar-refractivity contribution in [2.24, 2.45) is 0 Å². The lowest BCUT2D eigenvalue weighted by Crippen LogP contribution is -2.11. The molecule has 0 atom stereocenters. The predicted molar refractivity (Wildman–Crippen MR) is 56.8 cm³/mol. The molecule has 1 aromatic heterocycles. The third-order valence-electron chi connectivity index (χ3n) is 2.12. The molecule has 1 aromatic carbocycles. The van der Waals surface area contributed by atoms with Crippen molar-refractivity contribution in [3.8, 4) is 0 Å². The van der Waals surface area contributed by atoms with Gasteiger partial charge in [0.15, 0.2) is 0 Å². The number of hydrogen-bond acceptors (Lipinski definition) is 3. The molecule has 0 spiro atoms. The maximum absolute atomic E-state index is 11.1. The quantitative estimate of drug-likeness (QED) is 0.732. The lowest BCUT2D eigenvalue weighted by atomic mass is 10.3. The van der Waals surface area contributed by atoms with E-state index in [2.05, 4.69) is 9.72 Å². The minimum Gasteiger partial charge on any atom is -0.468 e. The zero-order valence-electron chi connectivity index (χ0n) is 8.11. The van der Waals surface area contributed by atoms with E-state index in [1.807, 2.05) is 24.3 Å². The van der Waals surface area contributed by atoms with Gasteiger partial charge in [-0.2, -0.15) is 0 Å². The summed E-state index contributed by atoms with van der Waals surface area (Å²) in [5, 5.41) is 0.293. The molecular weight excluding hydrogens is 216 g/mol. The standard InChI is InChI=1S/C10H9ClN2O2/c1-15-9(14)6-13-8-5-3-2-4-7(8)12-10(13)11/h2-5H,6H2,1H3. The summed E-state index contributed by atoms with van der Waals surface area (Å²) in [5.74, 6) is -0.347. The van der Waals surface area contributed by atoms with Crippen LogP contribution >= 0.6 is 11.6 Å². The monoisotopic (exact) mass is 224 g/mol. The highest BCUT2D eigenvalue weighted by atomic mass is 35.5. The Labute approximate surface area is 91.4 Å². The van der Waals surface area contributed by atoms with Crippen LogP contribution in [0.25, 0.3) is 11.0 Å². The number of ether oxygens (including phenoxy) is 1. The third kappa shape index (κ3) is 1.80. The van der Waals surface area contributed by atoms with E-state index < -0.39 is 0 Å². The van der Waals surface area contributed by atoms with Gasteiger partial charge < -0.3 is 9.30 Å². The highest BCUT2D eigenvalue weighted by Crippen LogP contribution is 2.19. The number of carbonyl (C=O) groups is 1. The molecule has 0 bridgehead atoms. The lowest BCUT2D eigenvalue weighted by Gasteiger charge is -2.03. The van der Waals surface area contributed by atoms with E-state index in [-0.39, 0.29) is 12.5 Å². The molecule has 0 aliphatic carbocycles. The Morgan fingerprint density at radius 2 is 2.27 bits per heavy atom. The fraction of sp³-hybridized carbons (Fsp3) is 0.200. The largest absolute Gasteiger partial charge is 0.468 e. The van der Waals surface area contributed by atoms with Crippen molar-refractivity contribution >= 4 is 28.6 Å². The van der Waals surface area contributed by atoms with Crippen LogP contribution in [-0.2, 0) is 16.1 Å². The predicted octanol–water partition coefficient (Wildman–Crippen LogP) is 1.86. The molecule has 0 saturated carbocycles. The average molecular weight is 225 g/mol. The number of nitrogens with zero attached hydrogens (tertiary/aromatic N) is 2. The van der Waals surface area contributed by atoms with Gasteiger partial charge in [-0.15, -0.1) is 0 Å². The highest BCUT2D eigenvalue weighted by molar-refractivity contribution is 6.29. The second kappa shape index (κ2) is 3.90. The van der Waals surface area contributed by atoms with Crippen molar-refractivity contribution < 1.29 is 9.53 Å². The van der Waals surface area contributed by atoms with Crippen LogP contribution in [0.3, 0.4) is 0 Å². The van der Waals surface area contributed by atoms with E-state index in [1.54, 1.807) is 4.57 Å². The van der Waals surface area contributed by atoms with E-state index in [1.165, 1.54) is 7.11 Å². The number of rotatable bonds is 2. The van der Waals surface area contributed by atoms with Crippen molar-refractivity contribution in [1.29, 1.82) is 0 Å². The Bertz CT molecular complexity index is 507. The Kier molecular flexibility index (Phi) is 2.60. The Morgan fingerprint density at radius 3 is 3.00 bits per heavy atom. The van der Waals surface area contributed by atoms with E-state index >= 15 is 0 Å². The summed E-state index contributed by atoms with van der Waals surface area (Å²) in [5.41, 5.74) is 1.60. The summed E-state index contributed by atoms with van der Waals surface area (Å²) in [7, 11) is 1.34. The molecule has 5 heteroatoms. The highest BCUT2D eigenvalue weighted by Gasteiger charge is 2.11. The Morgan fingerprint density at radius 1 is 1.53 bits per heavy atom. The van der Waals surface area contributed by atoms with Crippen molar-refractivity contribution in [2.45, 2.75) is 6.54 Å². The lowest BCUT2D eigenvalue weighted by molar-refractivity contribution is -0.141. The van der Waals surface area contributed by atoms with Crippen molar-refractivity contribution in [3.05, 3.63) is 29.5 Å². The minimum absolute atomic E-state index is 0.0792. The number of benzene rings is 1. The summed E-state index contributed by atoms with van der Waals surface area (Å²) in [6, 6.07) is 7.44. The number of hydrogen-bond donors (Lipinski definition) is 0. The maximum atomic E-state index is 11.1. The molecule has 0 N–H and O–H groups in total. The van der Waals surface area contributed by atoms with Crippen LogP contribution in [0.2, 0.25) is 5.28 Å². The molecule has 2 aromatic rings. The molecule has 4 nitrogen and oxygen atoms in total. The van der Waals surface area contributed by atoms with Crippen LogP contribution in [0, 0.1) is 0 Å². The normalized spacial score (nSPS) is 10.5. The van der Waals surface area contributed by atoms with E-state index in [0.717, 1.165) is 11.0 Å². The molecule has 0 aliphatic rings. The number of fused-ring (bicyclic) bond motifs is 1. The first-order valence-corrected chi connectivity index (χ1v) is 4.78. The van der Waals surface area contributed by atoms with Gasteiger partial charge in [-0.05, 0) is 23.7 Å². The van der Waals surface area contributed by atoms with Gasteiger partial charge in [-0.3, -0.25) is 4.79 Å². The van der Waals surface area contributed by atoms with Gasteiger partial charge in [0.1, 0.15) is 6.54 Å². The molecule has 2 rings (SSSR count). The van der Waals surface area contributed by atoms with E-state index in [0.29, 0.717) is 5.28 Å². The first kappa shape index (κ1) is 9.98. The third-order valence-corrected chi connectivity index (χ3v) is 2.41. The second-order valence-corrected chi connectivity index (χ2v) is 3.37. The number of methoxy groups -OCH3 is 1. The molecule has 78 valence electrons. The number of aromatic nitrogens is 2. The molecule has 0 unspecified atom stereocenters. The number of esters is 1. The van der Waals surface area contributed by atoms with Gasteiger partial charge in [-0.25, -0.2) is 4.98 Å². The Hall–Kier alpha value is -1.55. The van der Waals surface area contributed by atoms with Crippen LogP contribution in [0.15, 0.2) is 24.3 Å². The SMILES string of the molecule is COC(=O)Cn1c(Cl)nc2ccccc21. The van der Waals surface area contributed by atoms with Gasteiger partial charge >= 0.3 is 5.97 Å². The summed E-state index contributed by atoms with van der Waals surface area (Å²) in [6.07, 6.45) is 0. The molecule has 0 aliphatic heterocycles. The van der Waals surface area contributed by atoms with Gasteiger partial charge in [0, 0.05) is 0 Å². The van der Waals surface area contributed by atoms with Crippen LogP contribution < -0.4 is 0 Å². The van der Waals surface area contributed by atoms with Crippen LogP contribution in [-0.4, -0.2) is 22.6 Å². The summed E-state index contributed by atoms with van der Waals surface area (Å²) in [4.78, 5) is 15.3. The fourth-order valence-corrected chi connectivity index (χ4v) is 1.63. The van der Waals surface area contributed by atoms with Crippen LogP contribution in [0.5, 0.6) is 0 Å². The summed E-state index contributed by atoms with van der Waals surface area (Å²) < 4.78 is 6.20. The molecule has 0 radical (unpaired) electrons. The number of halogens is 1. The molecule has 1 heterocycles. The number of imidazole rings is 1. The van der Waals surface area contributed by atoms with Crippen LogP contribution in [0.4, 0.5) is 0 Å². The summed E-state index contributed by atoms with van der Waals surface area (Å²) in [6.45, 7) is 0.0792. The molecule has 15 heavy (non-hydrogen) atoms. The summed E-state index contributed by atoms with van der Waals surface area (Å²) >= 11 is 5.91. The second-order valence-electron chi connectivity index (χ2n) is 3.03. The van der Waals surface area contributed by atoms with Gasteiger partial charge in [-0.1, -0.05) is 12.1 Å². The van der Waals surface area contributed by atoms with E-state index in [9.17, 15) is 4.79 Å². The maximum Gasteiger partial charge on any atom is 0.325 e. The van der Waals surface area contributed by atoms with Gasteiger partial charge in [0.25, 0.3) is 0 Å². The zero-order chi connectivity index (χ0) is 10.8. The van der Waals surface area contributed by atoms with Crippen LogP contribution in [0.1, 0.15) is 0 Å². The van der Waals surface area contributed by atoms with E-state index in [4.69, 9.17) is 11.6 Å². The molecule has 0 saturated heterocycles. The van der Waals surface area contributed by atoms with Gasteiger partial charge in [0.05, 0.1) is 18.1 Å². The van der Waals surface area contributed by atoms with Crippen molar-refractivity contribution in [3.63, 3.8) is 0 Å². The van der Waals surface area contributed by atoms with Crippen molar-refractivity contribution in [2.75, 3.05) is 7.11 Å². The smallest absolute Gasteiger partial charge is 0.325 e. The van der Waals surface area contributed by atoms with Gasteiger partial charge in [0.2, 0.25) is 5.28 Å². The number of para-hydroxylation sites is 2. The molecule has 0 fully saturated rings. The average Bonchev–Trinajstić information content (AvgIpc) is 2.55. The first-order valence-electron chi connectivity index (χ1n) is 4.40. The first-order chi connectivity index (χ1) is 7.22. The fourth-order valence-electron chi connectivity index (χ4n) is 1.39. The van der Waals surface area contributed by atoms with Crippen molar-refractivity contribution in [1.82, 2.24) is 9.55 Å². The number of carbonyl (C=O) groups excluding carboxylic acids is 1. The molecular formula is C10H9ClN2O2. The molecule has 0 amide bonds. The zero-order valence-corrected chi connectivity index (χ0v) is 8.86.